The van der Waals surface area contributed by atoms with E-state index in [1.165, 1.54) is 6.07 Å². The van der Waals surface area contributed by atoms with E-state index in [9.17, 15) is 14.7 Å². The molecule has 2 atom stereocenters. The summed E-state index contributed by atoms with van der Waals surface area (Å²) in [5.41, 5.74) is 1.26. The summed E-state index contributed by atoms with van der Waals surface area (Å²) in [5.74, 6) is -0.347. The van der Waals surface area contributed by atoms with Crippen LogP contribution in [0.3, 0.4) is 0 Å². The number of carbonyl (C=O) groups is 2. The Morgan fingerprint density at radius 1 is 1.27 bits per heavy atom. The highest BCUT2D eigenvalue weighted by molar-refractivity contribution is 6.01. The normalized spacial score (nSPS) is 21.5. The highest BCUT2D eigenvalue weighted by atomic mass is 16.3. The van der Waals surface area contributed by atoms with E-state index in [4.69, 9.17) is 0 Å². The molecule has 3 rings (SSSR count). The van der Waals surface area contributed by atoms with Crippen LogP contribution in [0, 0.1) is 0 Å². The van der Waals surface area contributed by atoms with E-state index in [1.807, 2.05) is 12.1 Å². The van der Waals surface area contributed by atoms with E-state index >= 15 is 0 Å². The summed E-state index contributed by atoms with van der Waals surface area (Å²) in [4.78, 5) is 27.9. The van der Waals surface area contributed by atoms with Gasteiger partial charge in [0.1, 0.15) is 5.69 Å². The first kappa shape index (κ1) is 14.7. The third-order valence-electron chi connectivity index (χ3n) is 4.15. The van der Waals surface area contributed by atoms with Gasteiger partial charge in [0.05, 0.1) is 17.7 Å². The molecule has 114 valence electrons. The molecule has 0 spiro atoms. The number of benzene rings is 1. The summed E-state index contributed by atoms with van der Waals surface area (Å²) in [6.07, 6.45) is 3.67. The number of carbonyl (C=O) groups excluding carboxylic acids is 2. The molecule has 0 unspecified atom stereocenters. The molecule has 0 saturated heterocycles. The van der Waals surface area contributed by atoms with Gasteiger partial charge in [0.2, 0.25) is 0 Å². The van der Waals surface area contributed by atoms with E-state index < -0.39 is 6.10 Å². The van der Waals surface area contributed by atoms with Crippen LogP contribution in [-0.4, -0.2) is 34.4 Å². The first-order valence-electron chi connectivity index (χ1n) is 7.53. The van der Waals surface area contributed by atoms with Gasteiger partial charge in [-0.1, -0.05) is 31.0 Å². The van der Waals surface area contributed by atoms with Crippen LogP contribution in [0.5, 0.6) is 0 Å². The number of aliphatic hydroxyl groups excluding tert-OH is 1. The lowest BCUT2D eigenvalue weighted by molar-refractivity contribution is 0.0714. The third-order valence-corrected chi connectivity index (χ3v) is 4.15. The van der Waals surface area contributed by atoms with Crippen molar-refractivity contribution in [3.8, 4) is 0 Å². The van der Waals surface area contributed by atoms with E-state index in [0.717, 1.165) is 30.9 Å². The highest BCUT2D eigenvalue weighted by Crippen LogP contribution is 2.20. The van der Waals surface area contributed by atoms with Gasteiger partial charge < -0.3 is 10.4 Å². The number of aliphatic hydroxyl groups is 1. The lowest BCUT2D eigenvalue weighted by Gasteiger charge is -2.28. The Morgan fingerprint density at radius 2 is 2.05 bits per heavy atom. The molecule has 1 aromatic heterocycles. The van der Waals surface area contributed by atoms with Crippen molar-refractivity contribution >= 4 is 23.1 Å². The Hall–Kier alpha value is -2.27. The van der Waals surface area contributed by atoms with Gasteiger partial charge in [-0.3, -0.25) is 9.59 Å². The van der Waals surface area contributed by atoms with Crippen molar-refractivity contribution < 1.29 is 14.7 Å². The summed E-state index contributed by atoms with van der Waals surface area (Å²) in [5, 5.41) is 13.5. The Morgan fingerprint density at radius 3 is 2.82 bits per heavy atom. The smallest absolute Gasteiger partial charge is 0.270 e. The molecule has 0 aliphatic heterocycles. The zero-order valence-electron chi connectivity index (χ0n) is 12.2. The summed E-state index contributed by atoms with van der Waals surface area (Å²) in [6, 6.07) is 8.48. The van der Waals surface area contributed by atoms with Crippen LogP contribution in [0.1, 0.15) is 46.5 Å². The number of hydrogen-bond acceptors (Lipinski definition) is 4. The molecular weight excluding hydrogens is 280 g/mol. The molecule has 1 aliphatic rings. The third kappa shape index (κ3) is 2.85. The van der Waals surface area contributed by atoms with Crippen molar-refractivity contribution in [2.24, 2.45) is 0 Å². The van der Waals surface area contributed by atoms with E-state index in [1.54, 1.807) is 12.1 Å². The van der Waals surface area contributed by atoms with E-state index in [-0.39, 0.29) is 17.6 Å². The first-order valence-corrected chi connectivity index (χ1v) is 7.53. The molecule has 1 fully saturated rings. The number of nitrogens with zero attached hydrogens (tertiary/aromatic N) is 1. The topological polar surface area (TPSA) is 79.3 Å². The van der Waals surface area contributed by atoms with Crippen molar-refractivity contribution in [3.63, 3.8) is 0 Å². The highest BCUT2D eigenvalue weighted by Gasteiger charge is 2.25. The Bertz CT molecular complexity index is 714. The summed E-state index contributed by atoms with van der Waals surface area (Å²) >= 11 is 0. The number of aldehydes is 1. The van der Waals surface area contributed by atoms with E-state index in [0.29, 0.717) is 17.5 Å². The molecule has 1 aromatic carbocycles. The van der Waals surface area contributed by atoms with E-state index in [2.05, 4.69) is 10.3 Å². The van der Waals surface area contributed by atoms with Crippen LogP contribution >= 0.6 is 0 Å². The molecule has 2 aromatic rings. The van der Waals surface area contributed by atoms with Crippen LogP contribution in [0.4, 0.5) is 0 Å². The lowest BCUT2D eigenvalue weighted by Crippen LogP contribution is -2.45. The van der Waals surface area contributed by atoms with Crippen molar-refractivity contribution in [1.82, 2.24) is 10.3 Å². The maximum atomic E-state index is 12.4. The molecule has 1 saturated carbocycles. The fourth-order valence-electron chi connectivity index (χ4n) is 2.94. The summed E-state index contributed by atoms with van der Waals surface area (Å²) in [6.45, 7) is 0. The number of rotatable bonds is 3. The molecular formula is C17H18N2O3. The van der Waals surface area contributed by atoms with Crippen LogP contribution in [0.25, 0.3) is 10.9 Å². The monoisotopic (exact) mass is 298 g/mol. The minimum absolute atomic E-state index is 0.207. The quantitative estimate of drug-likeness (QED) is 0.850. The second-order valence-corrected chi connectivity index (χ2v) is 5.66. The molecule has 2 N–H and O–H groups in total. The molecule has 1 amide bonds. The van der Waals surface area contributed by atoms with Crippen molar-refractivity contribution in [2.45, 2.75) is 37.8 Å². The molecule has 5 heteroatoms. The van der Waals surface area contributed by atoms with Crippen molar-refractivity contribution in [3.05, 3.63) is 41.6 Å². The van der Waals surface area contributed by atoms with Gasteiger partial charge in [-0.15, -0.1) is 0 Å². The molecule has 22 heavy (non-hydrogen) atoms. The second-order valence-electron chi connectivity index (χ2n) is 5.66. The SMILES string of the molecule is O=Cc1cc(C(=O)N[C@H]2CCCC[C@@H]2O)nc2ccccc12. The van der Waals surface area contributed by atoms with Crippen molar-refractivity contribution in [2.75, 3.05) is 0 Å². The Balaban J connectivity index is 1.89. The zero-order valence-corrected chi connectivity index (χ0v) is 12.2. The largest absolute Gasteiger partial charge is 0.391 e. The standard InChI is InChI=1S/C17H18N2O3/c20-10-11-9-15(18-13-6-2-1-5-12(11)13)17(22)19-14-7-3-4-8-16(14)21/h1-2,5-6,9-10,14,16,21H,3-4,7-8H2,(H,19,22)/t14-,16-/m0/s1. The number of pyridine rings is 1. The maximum absolute atomic E-state index is 12.4. The number of fused-ring (bicyclic) bond motifs is 1. The minimum Gasteiger partial charge on any atom is -0.391 e. The summed E-state index contributed by atoms with van der Waals surface area (Å²) < 4.78 is 0. The number of aromatic nitrogens is 1. The number of hydrogen-bond donors (Lipinski definition) is 2. The molecule has 1 heterocycles. The van der Waals surface area contributed by atoms with Crippen LogP contribution in [0.15, 0.2) is 30.3 Å². The van der Waals surface area contributed by atoms with Gasteiger partial charge >= 0.3 is 0 Å². The zero-order chi connectivity index (χ0) is 15.5. The average Bonchev–Trinajstić information content (AvgIpc) is 2.55. The van der Waals surface area contributed by atoms with Crippen LogP contribution < -0.4 is 5.32 Å². The minimum atomic E-state index is -0.510. The van der Waals surface area contributed by atoms with Gasteiger partial charge in [-0.05, 0) is 25.0 Å². The van der Waals surface area contributed by atoms with Gasteiger partial charge in [0, 0.05) is 10.9 Å². The number of amides is 1. The lowest BCUT2D eigenvalue weighted by atomic mass is 9.92. The fourth-order valence-corrected chi connectivity index (χ4v) is 2.94. The van der Waals surface area contributed by atoms with Gasteiger partial charge in [0.15, 0.2) is 6.29 Å². The second kappa shape index (κ2) is 6.23. The predicted molar refractivity (Wildman–Crippen MR) is 82.9 cm³/mol. The van der Waals surface area contributed by atoms with Crippen LogP contribution in [-0.2, 0) is 0 Å². The van der Waals surface area contributed by atoms with Crippen molar-refractivity contribution in [1.29, 1.82) is 0 Å². The van der Waals surface area contributed by atoms with Gasteiger partial charge in [-0.25, -0.2) is 4.98 Å². The Labute approximate surface area is 128 Å². The van der Waals surface area contributed by atoms with Crippen LogP contribution in [0.2, 0.25) is 0 Å². The molecule has 0 radical (unpaired) electrons. The Kier molecular flexibility index (Phi) is 4.15. The van der Waals surface area contributed by atoms with Gasteiger partial charge in [0.25, 0.3) is 5.91 Å². The van der Waals surface area contributed by atoms with Gasteiger partial charge in [-0.2, -0.15) is 0 Å². The molecule has 0 bridgehead atoms. The first-order chi connectivity index (χ1) is 10.7. The molecule has 5 nitrogen and oxygen atoms in total. The molecule has 1 aliphatic carbocycles. The average molecular weight is 298 g/mol. The summed E-state index contributed by atoms with van der Waals surface area (Å²) in [7, 11) is 0. The number of para-hydroxylation sites is 1. The fraction of sp³-hybridized carbons (Fsp3) is 0.353. The maximum Gasteiger partial charge on any atom is 0.270 e. The predicted octanol–water partition coefficient (Wildman–Crippen LogP) is 2.08. The number of nitrogens with one attached hydrogen (secondary N) is 1.